The Kier molecular flexibility index (Phi) is 6.47. The number of hydrogen-bond donors (Lipinski definition) is 0. The quantitative estimate of drug-likeness (QED) is 0.170. The predicted molar refractivity (Wildman–Crippen MR) is 211 cm³/mol. The number of anilines is 3. The third-order valence-electron chi connectivity index (χ3n) is 10.7. The van der Waals surface area contributed by atoms with Gasteiger partial charge in [-0.2, -0.15) is 0 Å². The van der Waals surface area contributed by atoms with Gasteiger partial charge >= 0.3 is 0 Å². The van der Waals surface area contributed by atoms with E-state index in [4.69, 9.17) is 0 Å². The molecule has 9 aromatic carbocycles. The first-order valence-electron chi connectivity index (χ1n) is 17.4. The molecule has 0 heterocycles. The number of nitrogens with zero attached hydrogens (tertiary/aromatic N) is 1. The lowest BCUT2D eigenvalue weighted by molar-refractivity contribution is 0.769. The minimum Gasteiger partial charge on any atom is -0.309 e. The SMILES string of the molecule is c1ccc(N(c2cccc3ccccc23)c2cccc3ccc4cc5c(cc4c23)C(c2ccccc2)(c2ccccc2)c2ccccc2-5)cc1. The highest BCUT2D eigenvalue weighted by Gasteiger charge is 2.46. The summed E-state index contributed by atoms with van der Waals surface area (Å²) in [5, 5.41) is 7.40. The van der Waals surface area contributed by atoms with Crippen LogP contribution in [-0.4, -0.2) is 0 Å². The molecule has 0 aromatic heterocycles. The highest BCUT2D eigenvalue weighted by Crippen LogP contribution is 2.57. The smallest absolute Gasteiger partial charge is 0.0713 e. The first-order valence-corrected chi connectivity index (χ1v) is 17.4. The molecule has 50 heavy (non-hydrogen) atoms. The van der Waals surface area contributed by atoms with Crippen LogP contribution in [0.15, 0.2) is 200 Å². The van der Waals surface area contributed by atoms with Crippen molar-refractivity contribution in [2.45, 2.75) is 5.41 Å². The molecular weight excluding hydrogens is 603 g/mol. The van der Waals surface area contributed by atoms with Crippen LogP contribution in [0.1, 0.15) is 22.3 Å². The van der Waals surface area contributed by atoms with Gasteiger partial charge in [-0.25, -0.2) is 0 Å². The summed E-state index contributed by atoms with van der Waals surface area (Å²) in [6.45, 7) is 0. The Labute approximate surface area is 292 Å². The normalized spacial score (nSPS) is 13.0. The van der Waals surface area contributed by atoms with Crippen molar-refractivity contribution in [3.63, 3.8) is 0 Å². The Hall–Kier alpha value is -6.44. The molecule has 0 N–H and O–H groups in total. The summed E-state index contributed by atoms with van der Waals surface area (Å²) in [4.78, 5) is 2.45. The third kappa shape index (κ3) is 4.14. The minimum atomic E-state index is -0.464. The van der Waals surface area contributed by atoms with Gasteiger partial charge in [0.05, 0.1) is 16.8 Å². The average Bonchev–Trinajstić information content (AvgIpc) is 3.48. The Balaban J connectivity index is 1.34. The topological polar surface area (TPSA) is 3.24 Å². The largest absolute Gasteiger partial charge is 0.309 e. The van der Waals surface area contributed by atoms with Gasteiger partial charge in [-0.3, -0.25) is 0 Å². The van der Waals surface area contributed by atoms with E-state index in [1.54, 1.807) is 0 Å². The van der Waals surface area contributed by atoms with Crippen molar-refractivity contribution in [2.75, 3.05) is 4.90 Å². The van der Waals surface area contributed by atoms with Crippen molar-refractivity contribution in [2.24, 2.45) is 0 Å². The zero-order valence-electron chi connectivity index (χ0n) is 27.5. The van der Waals surface area contributed by atoms with Gasteiger partial charge in [0.15, 0.2) is 0 Å². The molecule has 234 valence electrons. The van der Waals surface area contributed by atoms with E-state index < -0.39 is 5.41 Å². The van der Waals surface area contributed by atoms with Crippen LogP contribution in [0.5, 0.6) is 0 Å². The van der Waals surface area contributed by atoms with E-state index in [2.05, 4.69) is 205 Å². The fourth-order valence-corrected chi connectivity index (χ4v) is 8.60. The van der Waals surface area contributed by atoms with E-state index in [1.807, 2.05) is 0 Å². The van der Waals surface area contributed by atoms with E-state index >= 15 is 0 Å². The first-order chi connectivity index (χ1) is 24.8. The van der Waals surface area contributed by atoms with Gasteiger partial charge in [0, 0.05) is 16.5 Å². The fraction of sp³-hybridized carbons (Fsp3) is 0.0204. The number of rotatable bonds is 5. The maximum Gasteiger partial charge on any atom is 0.0713 e. The Morgan fingerprint density at radius 3 is 1.68 bits per heavy atom. The molecule has 0 amide bonds. The van der Waals surface area contributed by atoms with Crippen LogP contribution in [0.2, 0.25) is 0 Å². The second-order valence-corrected chi connectivity index (χ2v) is 13.3. The average molecular weight is 636 g/mol. The summed E-state index contributed by atoms with van der Waals surface area (Å²) < 4.78 is 0. The molecule has 9 aromatic rings. The molecule has 0 saturated heterocycles. The van der Waals surface area contributed by atoms with Crippen LogP contribution in [0, 0.1) is 0 Å². The zero-order chi connectivity index (χ0) is 33.1. The second kappa shape index (κ2) is 11.3. The Bertz CT molecular complexity index is 2650. The molecular formula is C49H33N. The molecule has 0 saturated carbocycles. The molecule has 0 unspecified atom stereocenters. The summed E-state index contributed by atoms with van der Waals surface area (Å²) in [7, 11) is 0. The third-order valence-corrected chi connectivity index (χ3v) is 10.7. The summed E-state index contributed by atoms with van der Waals surface area (Å²) in [6, 6.07) is 73.6. The van der Waals surface area contributed by atoms with Crippen LogP contribution in [0.25, 0.3) is 43.4 Å². The maximum absolute atomic E-state index is 2.52. The van der Waals surface area contributed by atoms with E-state index in [-0.39, 0.29) is 0 Å². The molecule has 0 atom stereocenters. The van der Waals surface area contributed by atoms with Gasteiger partial charge in [-0.1, -0.05) is 164 Å². The zero-order valence-corrected chi connectivity index (χ0v) is 27.5. The standard InChI is InChI=1S/C49H33N/c1-4-19-37(20-5-1)49(38-21-6-2-7-22-38)44-27-13-12-26-41(44)43-32-36-31-30-35-18-15-29-47(48(35)42(36)33-45(43)49)50(39-23-8-3-9-24-39)46-28-14-17-34-16-10-11-25-40(34)46/h1-33H. The van der Waals surface area contributed by atoms with E-state index in [1.165, 1.54) is 65.7 Å². The number of hydrogen-bond acceptors (Lipinski definition) is 1. The number of benzene rings is 9. The van der Waals surface area contributed by atoms with Gasteiger partial charge in [-0.05, 0) is 91.3 Å². The van der Waals surface area contributed by atoms with Gasteiger partial charge < -0.3 is 4.90 Å². The monoisotopic (exact) mass is 635 g/mol. The van der Waals surface area contributed by atoms with E-state index in [0.717, 1.165) is 17.1 Å². The van der Waals surface area contributed by atoms with Crippen LogP contribution in [0.4, 0.5) is 17.1 Å². The molecule has 1 nitrogen and oxygen atoms in total. The van der Waals surface area contributed by atoms with Crippen LogP contribution in [-0.2, 0) is 5.41 Å². The van der Waals surface area contributed by atoms with Gasteiger partial charge in [0.1, 0.15) is 0 Å². The van der Waals surface area contributed by atoms with Gasteiger partial charge in [0.25, 0.3) is 0 Å². The maximum atomic E-state index is 2.52. The lowest BCUT2D eigenvalue weighted by Crippen LogP contribution is -2.28. The van der Waals surface area contributed by atoms with Crippen LogP contribution in [0.3, 0.4) is 0 Å². The van der Waals surface area contributed by atoms with Crippen molar-refractivity contribution in [3.05, 3.63) is 222 Å². The number of para-hydroxylation sites is 1. The molecule has 0 spiro atoms. The fourth-order valence-electron chi connectivity index (χ4n) is 8.60. The molecule has 1 aliphatic rings. The lowest BCUT2D eigenvalue weighted by atomic mass is 9.67. The minimum absolute atomic E-state index is 0.464. The summed E-state index contributed by atoms with van der Waals surface area (Å²) in [6.07, 6.45) is 0. The van der Waals surface area contributed by atoms with Crippen molar-refractivity contribution in [1.29, 1.82) is 0 Å². The summed E-state index contributed by atoms with van der Waals surface area (Å²) >= 11 is 0. The molecule has 0 fully saturated rings. The molecule has 1 aliphatic carbocycles. The molecule has 1 heteroatoms. The Morgan fingerprint density at radius 2 is 0.920 bits per heavy atom. The highest BCUT2D eigenvalue weighted by molar-refractivity contribution is 6.17. The van der Waals surface area contributed by atoms with Crippen molar-refractivity contribution in [3.8, 4) is 11.1 Å². The van der Waals surface area contributed by atoms with Gasteiger partial charge in [0.2, 0.25) is 0 Å². The first kappa shape index (κ1) is 28.6. The predicted octanol–water partition coefficient (Wildman–Crippen LogP) is 13.0. The Morgan fingerprint density at radius 1 is 0.340 bits per heavy atom. The van der Waals surface area contributed by atoms with E-state index in [9.17, 15) is 0 Å². The molecule has 0 radical (unpaired) electrons. The van der Waals surface area contributed by atoms with Crippen LogP contribution < -0.4 is 4.90 Å². The van der Waals surface area contributed by atoms with Crippen molar-refractivity contribution < 1.29 is 0 Å². The lowest BCUT2D eigenvalue weighted by Gasteiger charge is -2.34. The number of fused-ring (bicyclic) bond motifs is 7. The van der Waals surface area contributed by atoms with Crippen molar-refractivity contribution >= 4 is 49.4 Å². The second-order valence-electron chi connectivity index (χ2n) is 13.3. The van der Waals surface area contributed by atoms with E-state index in [0.29, 0.717) is 0 Å². The summed E-state index contributed by atoms with van der Waals surface area (Å²) in [5.41, 5.74) is 10.8. The van der Waals surface area contributed by atoms with Crippen molar-refractivity contribution in [1.82, 2.24) is 0 Å². The molecule has 0 aliphatic heterocycles. The molecule has 10 rings (SSSR count). The van der Waals surface area contributed by atoms with Gasteiger partial charge in [-0.15, -0.1) is 0 Å². The summed E-state index contributed by atoms with van der Waals surface area (Å²) in [5.74, 6) is 0. The highest BCUT2D eigenvalue weighted by atomic mass is 15.1. The molecule has 0 bridgehead atoms. The van der Waals surface area contributed by atoms with Crippen LogP contribution >= 0.6 is 0 Å².